The highest BCUT2D eigenvalue weighted by molar-refractivity contribution is 7.99. The Kier molecular flexibility index (Phi) is 4.07. The zero-order chi connectivity index (χ0) is 13.2. The molecule has 6 nitrogen and oxygen atoms in total. The summed E-state index contributed by atoms with van der Waals surface area (Å²) in [6.45, 7) is 5.59. The van der Waals surface area contributed by atoms with Crippen LogP contribution in [0.3, 0.4) is 0 Å². The molecule has 106 valence electrons. The van der Waals surface area contributed by atoms with Crippen molar-refractivity contribution in [2.75, 3.05) is 37.7 Å². The highest BCUT2D eigenvalue weighted by Crippen LogP contribution is 2.32. The highest BCUT2D eigenvalue weighted by atomic mass is 32.2. The van der Waals surface area contributed by atoms with Crippen molar-refractivity contribution < 1.29 is 14.4 Å². The topological polar surface area (TPSA) is 71.6 Å². The van der Waals surface area contributed by atoms with Crippen LogP contribution in [0.2, 0.25) is 0 Å². The molecule has 2 aliphatic heterocycles. The number of nitrogens with zero attached hydrogens (tertiary/aromatic N) is 3. The zero-order valence-electron chi connectivity index (χ0n) is 11.0. The molecule has 0 spiro atoms. The summed E-state index contributed by atoms with van der Waals surface area (Å²) in [5.41, 5.74) is 0. The number of aromatic nitrogens is 2. The Labute approximate surface area is 116 Å². The number of likely N-dealkylation sites (N-methyl/N-ethyl adjacent to an activating group) is 1. The standard InChI is InChI=1S/C12H19N3O3S/c1-2-15-3-4-17-10(5-15)11-13-12(18-14-11)8-6-19-7-9(8)16/h8-10,16H,2-7H2,1H3. The molecule has 2 saturated heterocycles. The molecule has 2 aliphatic rings. The van der Waals surface area contributed by atoms with Gasteiger partial charge in [0.05, 0.1) is 18.6 Å². The molecule has 3 heterocycles. The van der Waals surface area contributed by atoms with Gasteiger partial charge in [-0.2, -0.15) is 16.7 Å². The number of hydrogen-bond acceptors (Lipinski definition) is 7. The van der Waals surface area contributed by atoms with E-state index in [-0.39, 0.29) is 18.1 Å². The number of morpholine rings is 1. The number of hydrogen-bond donors (Lipinski definition) is 1. The van der Waals surface area contributed by atoms with Gasteiger partial charge in [-0.1, -0.05) is 12.1 Å². The molecule has 2 fully saturated rings. The minimum Gasteiger partial charge on any atom is -0.391 e. The lowest BCUT2D eigenvalue weighted by Gasteiger charge is -2.30. The van der Waals surface area contributed by atoms with E-state index in [0.29, 0.717) is 18.3 Å². The van der Waals surface area contributed by atoms with Gasteiger partial charge < -0.3 is 14.4 Å². The molecule has 3 atom stereocenters. The van der Waals surface area contributed by atoms with E-state index in [9.17, 15) is 5.11 Å². The van der Waals surface area contributed by atoms with Gasteiger partial charge in [-0.15, -0.1) is 0 Å². The average Bonchev–Trinajstić information content (AvgIpc) is 3.07. The highest BCUT2D eigenvalue weighted by Gasteiger charge is 2.33. The van der Waals surface area contributed by atoms with Crippen LogP contribution in [0.5, 0.6) is 0 Å². The number of rotatable bonds is 3. The SMILES string of the molecule is CCN1CCOC(c2noc(C3CSCC3O)n2)C1. The van der Waals surface area contributed by atoms with Crippen molar-refractivity contribution in [1.29, 1.82) is 0 Å². The van der Waals surface area contributed by atoms with Crippen LogP contribution in [0.25, 0.3) is 0 Å². The fourth-order valence-corrected chi connectivity index (χ4v) is 3.68. The Morgan fingerprint density at radius 3 is 3.11 bits per heavy atom. The number of aliphatic hydroxyl groups is 1. The summed E-state index contributed by atoms with van der Waals surface area (Å²) in [7, 11) is 0. The number of thioether (sulfide) groups is 1. The molecule has 0 radical (unpaired) electrons. The fraction of sp³-hybridized carbons (Fsp3) is 0.833. The van der Waals surface area contributed by atoms with Crippen molar-refractivity contribution in [1.82, 2.24) is 15.0 Å². The molecular formula is C12H19N3O3S. The van der Waals surface area contributed by atoms with Gasteiger partial charge in [-0.25, -0.2) is 0 Å². The predicted octanol–water partition coefficient (Wildman–Crippen LogP) is 0.654. The van der Waals surface area contributed by atoms with E-state index in [0.717, 1.165) is 31.1 Å². The number of ether oxygens (including phenoxy) is 1. The maximum atomic E-state index is 9.85. The summed E-state index contributed by atoms with van der Waals surface area (Å²) in [5.74, 6) is 2.71. The van der Waals surface area contributed by atoms with E-state index in [1.807, 2.05) is 0 Å². The Hall–Kier alpha value is -0.630. The van der Waals surface area contributed by atoms with E-state index in [2.05, 4.69) is 22.0 Å². The number of aliphatic hydroxyl groups excluding tert-OH is 1. The molecule has 0 saturated carbocycles. The van der Waals surface area contributed by atoms with Gasteiger partial charge in [0.1, 0.15) is 6.10 Å². The smallest absolute Gasteiger partial charge is 0.233 e. The normalized spacial score (nSPS) is 32.8. The molecule has 0 bridgehead atoms. The van der Waals surface area contributed by atoms with E-state index in [4.69, 9.17) is 9.26 Å². The van der Waals surface area contributed by atoms with Crippen molar-refractivity contribution in [2.24, 2.45) is 0 Å². The maximum absolute atomic E-state index is 9.85. The van der Waals surface area contributed by atoms with E-state index in [1.54, 1.807) is 11.8 Å². The molecule has 1 aromatic heterocycles. The molecule has 19 heavy (non-hydrogen) atoms. The Morgan fingerprint density at radius 1 is 1.47 bits per heavy atom. The Bertz CT molecular complexity index is 428. The van der Waals surface area contributed by atoms with Gasteiger partial charge in [-0.3, -0.25) is 4.90 Å². The third-order valence-electron chi connectivity index (χ3n) is 3.71. The summed E-state index contributed by atoms with van der Waals surface area (Å²) in [5, 5.41) is 13.9. The molecule has 3 unspecified atom stereocenters. The fourth-order valence-electron chi connectivity index (χ4n) is 2.45. The lowest BCUT2D eigenvalue weighted by atomic mass is 10.1. The van der Waals surface area contributed by atoms with Crippen LogP contribution in [-0.4, -0.2) is 64.0 Å². The molecule has 7 heteroatoms. The minimum absolute atomic E-state index is 0.0304. The van der Waals surface area contributed by atoms with Crippen LogP contribution in [0.15, 0.2) is 4.52 Å². The van der Waals surface area contributed by atoms with Crippen LogP contribution in [0, 0.1) is 0 Å². The summed E-state index contributed by atoms with van der Waals surface area (Å²) in [6.07, 6.45) is -0.491. The first-order valence-corrected chi connectivity index (χ1v) is 7.86. The largest absolute Gasteiger partial charge is 0.391 e. The molecule has 1 aromatic rings. The van der Waals surface area contributed by atoms with Crippen molar-refractivity contribution in [3.63, 3.8) is 0 Å². The van der Waals surface area contributed by atoms with Gasteiger partial charge >= 0.3 is 0 Å². The first-order chi connectivity index (χ1) is 9.28. The molecule has 0 amide bonds. The molecular weight excluding hydrogens is 266 g/mol. The third-order valence-corrected chi connectivity index (χ3v) is 4.88. The Balaban J connectivity index is 1.70. The van der Waals surface area contributed by atoms with E-state index in [1.165, 1.54) is 0 Å². The van der Waals surface area contributed by atoms with Gasteiger partial charge in [0, 0.05) is 24.6 Å². The lowest BCUT2D eigenvalue weighted by molar-refractivity contribution is -0.0334. The first-order valence-electron chi connectivity index (χ1n) is 6.71. The first kappa shape index (κ1) is 13.4. The van der Waals surface area contributed by atoms with Crippen molar-refractivity contribution in [3.05, 3.63) is 11.7 Å². The van der Waals surface area contributed by atoms with Crippen LogP contribution < -0.4 is 0 Å². The molecule has 1 N–H and O–H groups in total. The molecule has 0 aromatic carbocycles. The summed E-state index contributed by atoms with van der Waals surface area (Å²) < 4.78 is 11.0. The predicted molar refractivity (Wildman–Crippen MR) is 71.2 cm³/mol. The second-order valence-electron chi connectivity index (χ2n) is 4.95. The van der Waals surface area contributed by atoms with Crippen molar-refractivity contribution in [2.45, 2.75) is 25.0 Å². The minimum atomic E-state index is -0.377. The monoisotopic (exact) mass is 285 g/mol. The second kappa shape index (κ2) is 5.78. The van der Waals surface area contributed by atoms with Crippen LogP contribution in [-0.2, 0) is 4.74 Å². The van der Waals surface area contributed by atoms with Crippen LogP contribution in [0.1, 0.15) is 30.7 Å². The molecule has 3 rings (SSSR count). The Morgan fingerprint density at radius 2 is 2.37 bits per heavy atom. The van der Waals surface area contributed by atoms with Crippen LogP contribution in [0.4, 0.5) is 0 Å². The van der Waals surface area contributed by atoms with Gasteiger partial charge in [0.25, 0.3) is 0 Å². The van der Waals surface area contributed by atoms with Gasteiger partial charge in [-0.05, 0) is 6.54 Å². The van der Waals surface area contributed by atoms with Gasteiger partial charge in [0.15, 0.2) is 0 Å². The summed E-state index contributed by atoms with van der Waals surface area (Å²) >= 11 is 1.72. The van der Waals surface area contributed by atoms with E-state index < -0.39 is 0 Å². The maximum Gasteiger partial charge on any atom is 0.233 e. The average molecular weight is 285 g/mol. The van der Waals surface area contributed by atoms with Gasteiger partial charge in [0.2, 0.25) is 11.7 Å². The summed E-state index contributed by atoms with van der Waals surface area (Å²) in [6, 6.07) is 0. The van der Waals surface area contributed by atoms with Crippen LogP contribution >= 0.6 is 11.8 Å². The lowest BCUT2D eigenvalue weighted by Crippen LogP contribution is -2.38. The zero-order valence-corrected chi connectivity index (χ0v) is 11.8. The third kappa shape index (κ3) is 2.79. The summed E-state index contributed by atoms with van der Waals surface area (Å²) in [4.78, 5) is 6.74. The van der Waals surface area contributed by atoms with E-state index >= 15 is 0 Å². The molecule has 0 aliphatic carbocycles. The van der Waals surface area contributed by atoms with Crippen molar-refractivity contribution in [3.8, 4) is 0 Å². The van der Waals surface area contributed by atoms with Crippen molar-refractivity contribution >= 4 is 11.8 Å². The second-order valence-corrected chi connectivity index (χ2v) is 6.03. The quantitative estimate of drug-likeness (QED) is 0.874.